The van der Waals surface area contributed by atoms with E-state index in [9.17, 15) is 19.2 Å². The largest absolute Gasteiger partial charge is 0.322 e. The lowest BCUT2D eigenvalue weighted by atomic mass is 10.0. The molecule has 3 amide bonds. The number of Topliss-reactive ketones (excluding diaryl/α,β-unsaturated/α-hetero) is 1. The molecule has 1 heterocycles. The number of hydrogen-bond donors (Lipinski definition) is 1. The van der Waals surface area contributed by atoms with Crippen LogP contribution in [-0.2, 0) is 0 Å². The molecule has 1 N–H and O–H groups in total. The summed E-state index contributed by atoms with van der Waals surface area (Å²) >= 11 is 0. The number of nitrogens with one attached hydrogen (secondary N) is 1. The zero-order valence-corrected chi connectivity index (χ0v) is 15.4. The molecule has 6 nitrogen and oxygen atoms in total. The highest BCUT2D eigenvalue weighted by Crippen LogP contribution is 2.25. The highest BCUT2D eigenvalue weighted by molar-refractivity contribution is 6.22. The monoisotopic (exact) mass is 364 g/mol. The van der Waals surface area contributed by atoms with Crippen LogP contribution in [0.3, 0.4) is 0 Å². The summed E-state index contributed by atoms with van der Waals surface area (Å²) in [5, 5.41) is 2.71. The zero-order chi connectivity index (χ0) is 19.7. The smallest absolute Gasteiger partial charge is 0.261 e. The molecule has 0 saturated carbocycles. The van der Waals surface area contributed by atoms with E-state index in [1.54, 1.807) is 24.3 Å². The van der Waals surface area contributed by atoms with Gasteiger partial charge in [0, 0.05) is 23.4 Å². The summed E-state index contributed by atoms with van der Waals surface area (Å²) in [6, 6.07) is 11.1. The summed E-state index contributed by atoms with van der Waals surface area (Å²) in [5.41, 5.74) is 1.81. The molecular weight excluding hydrogens is 344 g/mol. The first-order chi connectivity index (χ1) is 12.8. The minimum absolute atomic E-state index is 0.0991. The molecule has 0 fully saturated rings. The lowest BCUT2D eigenvalue weighted by Gasteiger charge is -2.15. The second-order valence-electron chi connectivity index (χ2n) is 6.97. The van der Waals surface area contributed by atoms with E-state index in [-0.39, 0.29) is 34.6 Å². The topological polar surface area (TPSA) is 83.6 Å². The minimum Gasteiger partial charge on any atom is -0.322 e. The van der Waals surface area contributed by atoms with E-state index in [0.717, 1.165) is 0 Å². The first kappa shape index (κ1) is 18.5. The van der Waals surface area contributed by atoms with E-state index in [2.05, 4.69) is 5.32 Å². The van der Waals surface area contributed by atoms with Crippen molar-refractivity contribution in [2.24, 2.45) is 5.92 Å². The number of ketones is 1. The molecule has 1 aliphatic rings. The van der Waals surface area contributed by atoms with E-state index < -0.39 is 5.91 Å². The molecule has 27 heavy (non-hydrogen) atoms. The number of benzene rings is 2. The van der Waals surface area contributed by atoms with Gasteiger partial charge in [0.25, 0.3) is 17.7 Å². The summed E-state index contributed by atoms with van der Waals surface area (Å²) < 4.78 is 0. The van der Waals surface area contributed by atoms with Gasteiger partial charge in [-0.25, -0.2) is 0 Å². The second kappa shape index (κ2) is 7.15. The predicted molar refractivity (Wildman–Crippen MR) is 101 cm³/mol. The molecule has 0 atom stereocenters. The summed E-state index contributed by atoms with van der Waals surface area (Å²) in [6.45, 7) is 5.65. The third-order valence-electron chi connectivity index (χ3n) is 4.31. The number of fused-ring (bicyclic) bond motifs is 1. The van der Waals surface area contributed by atoms with Crippen LogP contribution in [0.4, 0.5) is 5.69 Å². The maximum Gasteiger partial charge on any atom is 0.261 e. The number of anilines is 1. The predicted octanol–water partition coefficient (Wildman–Crippen LogP) is 3.39. The van der Waals surface area contributed by atoms with Crippen molar-refractivity contribution < 1.29 is 19.2 Å². The lowest BCUT2D eigenvalue weighted by Crippen LogP contribution is -2.33. The summed E-state index contributed by atoms with van der Waals surface area (Å²) in [7, 11) is 0. The zero-order valence-electron chi connectivity index (χ0n) is 15.4. The second-order valence-corrected chi connectivity index (χ2v) is 6.97. The molecule has 0 aromatic heterocycles. The number of rotatable bonds is 5. The Morgan fingerprint density at radius 3 is 2.33 bits per heavy atom. The van der Waals surface area contributed by atoms with Gasteiger partial charge < -0.3 is 5.32 Å². The van der Waals surface area contributed by atoms with E-state index in [1.807, 2.05) is 13.8 Å². The van der Waals surface area contributed by atoms with E-state index in [1.165, 1.54) is 30.0 Å². The Balaban J connectivity index is 1.84. The average molecular weight is 364 g/mol. The fourth-order valence-corrected chi connectivity index (χ4v) is 2.98. The van der Waals surface area contributed by atoms with Gasteiger partial charge in [0.05, 0.1) is 11.1 Å². The van der Waals surface area contributed by atoms with Crippen LogP contribution in [-0.4, -0.2) is 34.9 Å². The number of amides is 3. The van der Waals surface area contributed by atoms with Gasteiger partial charge in [0.2, 0.25) is 0 Å². The number of carbonyl (C=O) groups is 4. The van der Waals surface area contributed by atoms with Crippen LogP contribution in [0.1, 0.15) is 62.2 Å². The van der Waals surface area contributed by atoms with Crippen molar-refractivity contribution in [3.05, 3.63) is 64.7 Å². The molecule has 0 aliphatic carbocycles. The van der Waals surface area contributed by atoms with E-state index in [0.29, 0.717) is 23.4 Å². The minimum atomic E-state index is -0.416. The Bertz CT molecular complexity index is 962. The van der Waals surface area contributed by atoms with Crippen molar-refractivity contribution in [2.45, 2.75) is 20.8 Å². The molecule has 1 aliphatic heterocycles. The van der Waals surface area contributed by atoms with Crippen molar-refractivity contribution >= 4 is 29.2 Å². The first-order valence-electron chi connectivity index (χ1n) is 8.70. The molecule has 3 rings (SSSR count). The van der Waals surface area contributed by atoms with Crippen molar-refractivity contribution in [2.75, 3.05) is 11.9 Å². The SMILES string of the molecule is CC(=O)c1cccc(NC(=O)c2ccc3c(c2)C(=O)N(CC(C)C)C3=O)c1. The van der Waals surface area contributed by atoms with Gasteiger partial charge in [-0.2, -0.15) is 0 Å². The van der Waals surface area contributed by atoms with Gasteiger partial charge in [-0.1, -0.05) is 26.0 Å². The van der Waals surface area contributed by atoms with Gasteiger partial charge in [-0.15, -0.1) is 0 Å². The lowest BCUT2D eigenvalue weighted by molar-refractivity contribution is 0.0635. The van der Waals surface area contributed by atoms with Crippen LogP contribution >= 0.6 is 0 Å². The van der Waals surface area contributed by atoms with E-state index in [4.69, 9.17) is 0 Å². The summed E-state index contributed by atoms with van der Waals surface area (Å²) in [6.07, 6.45) is 0. The highest BCUT2D eigenvalue weighted by Gasteiger charge is 2.36. The van der Waals surface area contributed by atoms with Crippen LogP contribution in [0.15, 0.2) is 42.5 Å². The number of imide groups is 1. The summed E-state index contributed by atoms with van der Waals surface area (Å²) in [4.78, 5) is 50.1. The molecule has 0 unspecified atom stereocenters. The van der Waals surface area contributed by atoms with Crippen LogP contribution in [0.5, 0.6) is 0 Å². The van der Waals surface area contributed by atoms with Gasteiger partial charge >= 0.3 is 0 Å². The third-order valence-corrected chi connectivity index (χ3v) is 4.31. The highest BCUT2D eigenvalue weighted by atomic mass is 16.2. The summed E-state index contributed by atoms with van der Waals surface area (Å²) in [5.74, 6) is -1.07. The van der Waals surface area contributed by atoms with Crippen molar-refractivity contribution in [3.8, 4) is 0 Å². The van der Waals surface area contributed by atoms with Crippen molar-refractivity contribution in [1.29, 1.82) is 0 Å². The quantitative estimate of drug-likeness (QED) is 0.651. The molecule has 0 bridgehead atoms. The molecular formula is C21H20N2O4. The molecule has 0 saturated heterocycles. The fraction of sp³-hybridized carbons (Fsp3) is 0.238. The molecule has 2 aromatic carbocycles. The van der Waals surface area contributed by atoms with Crippen molar-refractivity contribution in [1.82, 2.24) is 4.90 Å². The Hall–Kier alpha value is -3.28. The van der Waals surface area contributed by atoms with Gasteiger partial charge in [0.15, 0.2) is 5.78 Å². The molecule has 6 heteroatoms. The van der Waals surface area contributed by atoms with Crippen molar-refractivity contribution in [3.63, 3.8) is 0 Å². The number of hydrogen-bond acceptors (Lipinski definition) is 4. The standard InChI is InChI=1S/C21H20N2O4/c1-12(2)11-23-20(26)17-8-7-15(10-18(17)21(23)27)19(25)22-16-6-4-5-14(9-16)13(3)24/h4-10,12H,11H2,1-3H3,(H,22,25). The Labute approximate surface area is 157 Å². The maximum atomic E-state index is 12.5. The van der Waals surface area contributed by atoms with Crippen LogP contribution < -0.4 is 5.32 Å². The Kier molecular flexibility index (Phi) is 4.90. The molecule has 0 spiro atoms. The van der Waals surface area contributed by atoms with Gasteiger partial charge in [0.1, 0.15) is 0 Å². The molecule has 2 aromatic rings. The Morgan fingerprint density at radius 2 is 1.67 bits per heavy atom. The van der Waals surface area contributed by atoms with Gasteiger partial charge in [-0.05, 0) is 43.2 Å². The molecule has 0 radical (unpaired) electrons. The van der Waals surface area contributed by atoms with E-state index >= 15 is 0 Å². The van der Waals surface area contributed by atoms with Crippen LogP contribution in [0, 0.1) is 5.92 Å². The van der Waals surface area contributed by atoms with Crippen LogP contribution in [0.25, 0.3) is 0 Å². The number of carbonyl (C=O) groups excluding carboxylic acids is 4. The normalized spacial score (nSPS) is 13.1. The van der Waals surface area contributed by atoms with Crippen LogP contribution in [0.2, 0.25) is 0 Å². The first-order valence-corrected chi connectivity index (χ1v) is 8.70. The van der Waals surface area contributed by atoms with Gasteiger partial charge in [-0.3, -0.25) is 24.1 Å². The third kappa shape index (κ3) is 3.65. The number of nitrogens with zero attached hydrogens (tertiary/aromatic N) is 1. The average Bonchev–Trinajstić information content (AvgIpc) is 2.86. The Morgan fingerprint density at radius 1 is 0.963 bits per heavy atom. The molecule has 138 valence electrons. The maximum absolute atomic E-state index is 12.5. The fourth-order valence-electron chi connectivity index (χ4n) is 2.98.